The number of rotatable bonds is 2. The standard InChI is InChI=1S/C28H29ClN4/c1-27(2,3)25-18-12-7-9-14-20(18)32(30-25)22-16-11-17-23(24(22)29)33-21-15-10-8-13-19(21)26(31-33)28(4,5)6/h7-17H,1-6H3. The summed E-state index contributed by atoms with van der Waals surface area (Å²) in [7, 11) is 0. The largest absolute Gasteiger partial charge is 0.231 e. The third kappa shape index (κ3) is 3.53. The molecule has 5 heteroatoms. The van der Waals surface area contributed by atoms with Crippen molar-refractivity contribution in [3.05, 3.63) is 83.1 Å². The molecule has 168 valence electrons. The summed E-state index contributed by atoms with van der Waals surface area (Å²) < 4.78 is 3.94. The van der Waals surface area contributed by atoms with Crippen molar-refractivity contribution in [1.29, 1.82) is 0 Å². The molecule has 0 aliphatic rings. The lowest BCUT2D eigenvalue weighted by molar-refractivity contribution is 0.564. The van der Waals surface area contributed by atoms with Crippen LogP contribution in [-0.4, -0.2) is 19.6 Å². The summed E-state index contributed by atoms with van der Waals surface area (Å²) in [6, 6.07) is 22.7. The van der Waals surface area contributed by atoms with E-state index in [1.54, 1.807) is 0 Å². The first-order valence-corrected chi connectivity index (χ1v) is 11.7. The Morgan fingerprint density at radius 3 is 1.36 bits per heavy atom. The van der Waals surface area contributed by atoms with Crippen molar-refractivity contribution in [2.75, 3.05) is 0 Å². The van der Waals surface area contributed by atoms with E-state index in [4.69, 9.17) is 21.8 Å². The number of nitrogens with zero attached hydrogens (tertiary/aromatic N) is 4. The summed E-state index contributed by atoms with van der Waals surface area (Å²) in [6.45, 7) is 13.1. The van der Waals surface area contributed by atoms with Gasteiger partial charge in [-0.2, -0.15) is 10.2 Å². The highest BCUT2D eigenvalue weighted by Crippen LogP contribution is 2.36. The van der Waals surface area contributed by atoms with Crippen molar-refractivity contribution in [2.24, 2.45) is 0 Å². The Hall–Kier alpha value is -3.11. The molecule has 4 nitrogen and oxygen atoms in total. The highest BCUT2D eigenvalue weighted by atomic mass is 35.5. The van der Waals surface area contributed by atoms with E-state index in [9.17, 15) is 0 Å². The molecule has 0 saturated heterocycles. The molecule has 5 rings (SSSR count). The highest BCUT2D eigenvalue weighted by molar-refractivity contribution is 6.34. The van der Waals surface area contributed by atoms with Gasteiger partial charge in [-0.15, -0.1) is 0 Å². The van der Waals surface area contributed by atoms with E-state index in [2.05, 4.69) is 77.9 Å². The Balaban J connectivity index is 1.77. The third-order valence-corrected chi connectivity index (χ3v) is 6.40. The van der Waals surface area contributed by atoms with Crippen LogP contribution >= 0.6 is 11.6 Å². The van der Waals surface area contributed by atoms with Gasteiger partial charge in [0, 0.05) is 21.6 Å². The van der Waals surface area contributed by atoms with Gasteiger partial charge in [0.25, 0.3) is 0 Å². The van der Waals surface area contributed by atoms with Crippen molar-refractivity contribution >= 4 is 33.4 Å². The van der Waals surface area contributed by atoms with Crippen molar-refractivity contribution in [1.82, 2.24) is 19.6 Å². The molecule has 0 aliphatic carbocycles. The Labute approximate surface area is 199 Å². The van der Waals surface area contributed by atoms with Crippen LogP contribution in [0.5, 0.6) is 0 Å². The number of para-hydroxylation sites is 2. The number of fused-ring (bicyclic) bond motifs is 2. The lowest BCUT2D eigenvalue weighted by Gasteiger charge is -2.16. The minimum Gasteiger partial charge on any atom is -0.231 e. The van der Waals surface area contributed by atoms with Crippen LogP contribution in [0.15, 0.2) is 66.7 Å². The van der Waals surface area contributed by atoms with Crippen LogP contribution in [-0.2, 0) is 10.8 Å². The van der Waals surface area contributed by atoms with Gasteiger partial charge in [0.15, 0.2) is 0 Å². The zero-order chi connectivity index (χ0) is 23.5. The summed E-state index contributed by atoms with van der Waals surface area (Å²) in [4.78, 5) is 0. The summed E-state index contributed by atoms with van der Waals surface area (Å²) in [5.74, 6) is 0. The van der Waals surface area contributed by atoms with Crippen molar-refractivity contribution < 1.29 is 0 Å². The first-order valence-electron chi connectivity index (χ1n) is 11.3. The Morgan fingerprint density at radius 1 is 0.576 bits per heavy atom. The molecule has 33 heavy (non-hydrogen) atoms. The molecule has 3 aromatic carbocycles. The second kappa shape index (κ2) is 7.46. The molecule has 0 bridgehead atoms. The monoisotopic (exact) mass is 456 g/mol. The highest BCUT2D eigenvalue weighted by Gasteiger charge is 2.26. The zero-order valence-corrected chi connectivity index (χ0v) is 20.8. The molecule has 2 heterocycles. The minimum atomic E-state index is -0.0886. The van der Waals surface area contributed by atoms with Crippen LogP contribution in [0.1, 0.15) is 52.9 Å². The number of benzene rings is 3. The number of aromatic nitrogens is 4. The van der Waals surface area contributed by atoms with E-state index in [0.717, 1.165) is 44.6 Å². The summed E-state index contributed by atoms with van der Waals surface area (Å²) in [6.07, 6.45) is 0. The molecule has 2 aromatic heterocycles. The maximum atomic E-state index is 7.10. The Kier molecular flexibility index (Phi) is 4.91. The van der Waals surface area contributed by atoms with Crippen LogP contribution in [0.3, 0.4) is 0 Å². The molecule has 0 atom stereocenters. The quantitative estimate of drug-likeness (QED) is 0.274. The molecule has 0 fully saturated rings. The van der Waals surface area contributed by atoms with Gasteiger partial charge in [-0.1, -0.05) is 95.6 Å². The fourth-order valence-corrected chi connectivity index (χ4v) is 4.73. The van der Waals surface area contributed by atoms with E-state index in [-0.39, 0.29) is 10.8 Å². The van der Waals surface area contributed by atoms with Gasteiger partial charge < -0.3 is 0 Å². The molecule has 5 aromatic rings. The minimum absolute atomic E-state index is 0.0886. The van der Waals surface area contributed by atoms with Crippen molar-refractivity contribution in [3.63, 3.8) is 0 Å². The van der Waals surface area contributed by atoms with E-state index in [0.29, 0.717) is 5.02 Å². The zero-order valence-electron chi connectivity index (χ0n) is 20.0. The van der Waals surface area contributed by atoms with Gasteiger partial charge in [0.05, 0.1) is 38.8 Å². The first-order chi connectivity index (χ1) is 15.6. The topological polar surface area (TPSA) is 35.6 Å². The van der Waals surface area contributed by atoms with Crippen LogP contribution in [0.4, 0.5) is 0 Å². The second-order valence-electron chi connectivity index (χ2n) is 10.7. The lowest BCUT2D eigenvalue weighted by Crippen LogP contribution is -2.13. The summed E-state index contributed by atoms with van der Waals surface area (Å²) in [5.41, 5.74) is 5.71. The molecule has 0 saturated carbocycles. The van der Waals surface area contributed by atoms with E-state index < -0.39 is 0 Å². The van der Waals surface area contributed by atoms with E-state index >= 15 is 0 Å². The molecular weight excluding hydrogens is 428 g/mol. The van der Waals surface area contributed by atoms with Gasteiger partial charge in [0.1, 0.15) is 0 Å². The molecule has 0 N–H and O–H groups in total. The van der Waals surface area contributed by atoms with Crippen LogP contribution in [0.2, 0.25) is 5.02 Å². The molecular formula is C28H29ClN4. The molecule has 0 radical (unpaired) electrons. The smallest absolute Gasteiger partial charge is 0.0920 e. The predicted molar refractivity (Wildman–Crippen MR) is 138 cm³/mol. The number of hydrogen-bond acceptors (Lipinski definition) is 2. The molecule has 0 amide bonds. The second-order valence-corrected chi connectivity index (χ2v) is 11.0. The van der Waals surface area contributed by atoms with E-state index in [1.807, 2.05) is 39.7 Å². The fraction of sp³-hybridized carbons (Fsp3) is 0.286. The maximum Gasteiger partial charge on any atom is 0.0920 e. The number of halogens is 1. The first kappa shape index (κ1) is 21.7. The molecule has 0 aliphatic heterocycles. The average Bonchev–Trinajstić information content (AvgIpc) is 3.33. The van der Waals surface area contributed by atoms with Crippen molar-refractivity contribution in [2.45, 2.75) is 52.4 Å². The third-order valence-electron chi connectivity index (χ3n) is 6.01. The van der Waals surface area contributed by atoms with Gasteiger partial charge in [-0.3, -0.25) is 0 Å². The van der Waals surface area contributed by atoms with Gasteiger partial charge in [0.2, 0.25) is 0 Å². The Morgan fingerprint density at radius 2 is 0.970 bits per heavy atom. The van der Waals surface area contributed by atoms with Crippen LogP contribution in [0.25, 0.3) is 33.2 Å². The van der Waals surface area contributed by atoms with Crippen LogP contribution < -0.4 is 0 Å². The normalized spacial score (nSPS) is 12.7. The predicted octanol–water partition coefficient (Wildman–Crippen LogP) is 7.61. The summed E-state index contributed by atoms with van der Waals surface area (Å²) >= 11 is 7.10. The average molecular weight is 457 g/mol. The molecule has 0 unspecified atom stereocenters. The Bertz CT molecular complexity index is 1380. The van der Waals surface area contributed by atoms with Gasteiger partial charge in [-0.05, 0) is 24.3 Å². The van der Waals surface area contributed by atoms with E-state index in [1.165, 1.54) is 0 Å². The van der Waals surface area contributed by atoms with Crippen molar-refractivity contribution in [3.8, 4) is 11.4 Å². The lowest BCUT2D eigenvalue weighted by atomic mass is 9.90. The molecule has 0 spiro atoms. The van der Waals surface area contributed by atoms with Crippen LogP contribution in [0, 0.1) is 0 Å². The fourth-order valence-electron chi connectivity index (χ4n) is 4.44. The summed E-state index contributed by atoms with van der Waals surface area (Å²) in [5, 5.41) is 13.0. The maximum absolute atomic E-state index is 7.10. The van der Waals surface area contributed by atoms with Gasteiger partial charge in [-0.25, -0.2) is 9.36 Å². The SMILES string of the molecule is CC(C)(C)c1nn(-c2cccc(-n3nc(C(C)(C)C)c4ccccc43)c2Cl)c2ccccc12. The number of hydrogen-bond donors (Lipinski definition) is 0. The van der Waals surface area contributed by atoms with Gasteiger partial charge >= 0.3 is 0 Å².